The van der Waals surface area contributed by atoms with Gasteiger partial charge in [-0.2, -0.15) is 0 Å². The van der Waals surface area contributed by atoms with E-state index in [-0.39, 0.29) is 17.3 Å². The average molecular weight is 452 g/mol. The van der Waals surface area contributed by atoms with Crippen LogP contribution in [-0.4, -0.2) is 19.3 Å². The molecule has 2 heterocycles. The zero-order valence-corrected chi connectivity index (χ0v) is 18.7. The smallest absolute Gasteiger partial charge is 0.252 e. The van der Waals surface area contributed by atoms with Gasteiger partial charge in [0.05, 0.1) is 26.5 Å². The second-order valence-electron chi connectivity index (χ2n) is 7.31. The highest BCUT2D eigenvalue weighted by molar-refractivity contribution is 7.89. The number of hydrogen-bond acceptors (Lipinski definition) is 5. The number of para-hydroxylation sites is 1. The topological polar surface area (TPSA) is 102 Å². The average Bonchev–Trinajstić information content (AvgIpc) is 3.18. The minimum Gasteiger partial charge on any atom is -0.348 e. The van der Waals surface area contributed by atoms with Crippen molar-refractivity contribution in [3.8, 4) is 10.6 Å². The van der Waals surface area contributed by atoms with Crippen molar-refractivity contribution in [1.29, 1.82) is 0 Å². The largest absolute Gasteiger partial charge is 0.348 e. The van der Waals surface area contributed by atoms with Gasteiger partial charge in [-0.3, -0.25) is 4.79 Å². The Morgan fingerprint density at radius 3 is 2.45 bits per heavy atom. The van der Waals surface area contributed by atoms with Crippen LogP contribution in [0.15, 0.2) is 65.6 Å². The van der Waals surface area contributed by atoms with Crippen LogP contribution in [0.25, 0.3) is 21.5 Å². The van der Waals surface area contributed by atoms with Crippen LogP contribution in [0.5, 0.6) is 0 Å². The Balaban J connectivity index is 1.66. The maximum absolute atomic E-state index is 13.1. The standard InChI is InChI=1S/C23H21N3O3S2/c1-14-4-3-5-18-19(12-20(26-22(14)18)21-11-6-15(2)30-21)23(27)25-13-16-7-9-17(10-8-16)31(24,28)29/h3-12H,13H2,1-2H3,(H,25,27)(H2,24,28,29). The number of thiophene rings is 1. The molecule has 0 saturated heterocycles. The Morgan fingerprint density at radius 1 is 1.06 bits per heavy atom. The van der Waals surface area contributed by atoms with Crippen molar-refractivity contribution >= 4 is 38.2 Å². The second-order valence-corrected chi connectivity index (χ2v) is 10.2. The molecule has 0 aliphatic carbocycles. The number of nitrogens with zero attached hydrogens (tertiary/aromatic N) is 1. The van der Waals surface area contributed by atoms with Gasteiger partial charge in [-0.05, 0) is 55.3 Å². The Kier molecular flexibility index (Phi) is 5.62. The van der Waals surface area contributed by atoms with Crippen molar-refractivity contribution in [3.63, 3.8) is 0 Å². The van der Waals surface area contributed by atoms with Gasteiger partial charge < -0.3 is 5.32 Å². The summed E-state index contributed by atoms with van der Waals surface area (Å²) < 4.78 is 22.8. The summed E-state index contributed by atoms with van der Waals surface area (Å²) >= 11 is 1.64. The predicted molar refractivity (Wildman–Crippen MR) is 124 cm³/mol. The highest BCUT2D eigenvalue weighted by Gasteiger charge is 2.16. The van der Waals surface area contributed by atoms with E-state index in [1.165, 1.54) is 17.0 Å². The summed E-state index contributed by atoms with van der Waals surface area (Å²) in [6, 6.07) is 17.8. The highest BCUT2D eigenvalue weighted by Crippen LogP contribution is 2.31. The number of fused-ring (bicyclic) bond motifs is 1. The number of amides is 1. The Morgan fingerprint density at radius 2 is 1.81 bits per heavy atom. The van der Waals surface area contributed by atoms with Gasteiger partial charge in [-0.15, -0.1) is 11.3 Å². The molecule has 0 radical (unpaired) electrons. The van der Waals surface area contributed by atoms with Crippen molar-refractivity contribution in [1.82, 2.24) is 10.3 Å². The molecule has 0 saturated carbocycles. The van der Waals surface area contributed by atoms with Gasteiger partial charge in [0.1, 0.15) is 0 Å². The summed E-state index contributed by atoms with van der Waals surface area (Å²) in [7, 11) is -3.75. The van der Waals surface area contributed by atoms with E-state index < -0.39 is 10.0 Å². The van der Waals surface area contributed by atoms with Crippen LogP contribution in [0.1, 0.15) is 26.4 Å². The van der Waals surface area contributed by atoms with Gasteiger partial charge in [-0.1, -0.05) is 30.3 Å². The SMILES string of the molecule is Cc1ccc(-c2cc(C(=O)NCc3ccc(S(N)(=O)=O)cc3)c3cccc(C)c3n2)s1. The fraction of sp³-hybridized carbons (Fsp3) is 0.130. The first-order chi connectivity index (χ1) is 14.7. The number of benzene rings is 2. The molecule has 3 N–H and O–H groups in total. The number of primary sulfonamides is 1. The second kappa shape index (κ2) is 8.22. The molecule has 0 aliphatic rings. The van der Waals surface area contributed by atoms with Gasteiger partial charge >= 0.3 is 0 Å². The Hall–Kier alpha value is -3.07. The molecule has 6 nitrogen and oxygen atoms in total. The minimum absolute atomic E-state index is 0.0362. The highest BCUT2D eigenvalue weighted by atomic mass is 32.2. The number of pyridine rings is 1. The van der Waals surface area contributed by atoms with E-state index in [0.29, 0.717) is 5.56 Å². The molecule has 31 heavy (non-hydrogen) atoms. The van der Waals surface area contributed by atoms with E-state index in [2.05, 4.69) is 5.32 Å². The molecular weight excluding hydrogens is 430 g/mol. The summed E-state index contributed by atoms with van der Waals surface area (Å²) in [5.41, 5.74) is 3.89. The fourth-order valence-corrected chi connectivity index (χ4v) is 4.70. The molecule has 1 amide bonds. The number of carbonyl (C=O) groups is 1. The van der Waals surface area contributed by atoms with E-state index in [9.17, 15) is 13.2 Å². The maximum Gasteiger partial charge on any atom is 0.252 e. The van der Waals surface area contributed by atoms with Gasteiger partial charge in [0.25, 0.3) is 5.91 Å². The lowest BCUT2D eigenvalue weighted by atomic mass is 10.0. The monoisotopic (exact) mass is 451 g/mol. The van der Waals surface area contributed by atoms with E-state index in [0.717, 1.165) is 32.6 Å². The lowest BCUT2D eigenvalue weighted by Gasteiger charge is -2.11. The van der Waals surface area contributed by atoms with Crippen molar-refractivity contribution in [2.24, 2.45) is 5.14 Å². The first-order valence-electron chi connectivity index (χ1n) is 9.59. The molecule has 0 atom stereocenters. The number of nitrogens with one attached hydrogen (secondary N) is 1. The molecule has 2 aromatic carbocycles. The van der Waals surface area contributed by atoms with Gasteiger partial charge in [0.15, 0.2) is 0 Å². The Labute approximate surface area is 184 Å². The molecule has 4 aromatic rings. The van der Waals surface area contributed by atoms with Crippen molar-refractivity contribution in [2.45, 2.75) is 25.3 Å². The lowest BCUT2D eigenvalue weighted by molar-refractivity contribution is 0.0952. The van der Waals surface area contributed by atoms with E-state index in [1.54, 1.807) is 23.5 Å². The number of aromatic nitrogens is 1. The molecule has 2 aromatic heterocycles. The van der Waals surface area contributed by atoms with Gasteiger partial charge in [0, 0.05) is 16.8 Å². The molecule has 158 valence electrons. The molecule has 0 aliphatic heterocycles. The zero-order chi connectivity index (χ0) is 22.2. The third-order valence-corrected chi connectivity index (χ3v) is 6.94. The van der Waals surface area contributed by atoms with Crippen molar-refractivity contribution in [2.75, 3.05) is 0 Å². The van der Waals surface area contributed by atoms with Crippen LogP contribution in [0.2, 0.25) is 0 Å². The lowest BCUT2D eigenvalue weighted by Crippen LogP contribution is -2.23. The molecule has 0 bridgehead atoms. The van der Waals surface area contributed by atoms with E-state index in [1.807, 2.05) is 50.2 Å². The number of aryl methyl sites for hydroxylation is 2. The molecule has 8 heteroatoms. The maximum atomic E-state index is 13.1. The molecule has 0 spiro atoms. The fourth-order valence-electron chi connectivity index (χ4n) is 3.35. The van der Waals surface area contributed by atoms with Gasteiger partial charge in [0.2, 0.25) is 10.0 Å². The van der Waals surface area contributed by atoms with E-state index in [4.69, 9.17) is 10.1 Å². The number of rotatable bonds is 5. The van der Waals surface area contributed by atoms with Crippen LogP contribution in [-0.2, 0) is 16.6 Å². The van der Waals surface area contributed by atoms with Crippen LogP contribution in [0, 0.1) is 13.8 Å². The van der Waals surface area contributed by atoms with Gasteiger partial charge in [-0.25, -0.2) is 18.5 Å². The Bertz CT molecular complexity index is 1390. The number of hydrogen-bond donors (Lipinski definition) is 2. The number of nitrogens with two attached hydrogens (primary N) is 1. The normalized spacial score (nSPS) is 11.6. The van der Waals surface area contributed by atoms with Crippen molar-refractivity contribution in [3.05, 3.63) is 82.2 Å². The number of sulfonamides is 1. The third-order valence-electron chi connectivity index (χ3n) is 4.98. The molecule has 4 rings (SSSR count). The van der Waals surface area contributed by atoms with Crippen LogP contribution < -0.4 is 10.5 Å². The van der Waals surface area contributed by atoms with Crippen LogP contribution in [0.4, 0.5) is 0 Å². The molecule has 0 unspecified atom stereocenters. The molecule has 0 fully saturated rings. The first-order valence-corrected chi connectivity index (χ1v) is 12.0. The number of carbonyl (C=O) groups excluding carboxylic acids is 1. The summed E-state index contributed by atoms with van der Waals surface area (Å²) in [5, 5.41) is 8.85. The molecular formula is C23H21N3O3S2. The quantitative estimate of drug-likeness (QED) is 0.476. The first kappa shape index (κ1) is 21.2. The third kappa shape index (κ3) is 4.51. The van der Waals surface area contributed by atoms with Crippen LogP contribution in [0.3, 0.4) is 0 Å². The van der Waals surface area contributed by atoms with Crippen LogP contribution >= 0.6 is 11.3 Å². The summed E-state index contributed by atoms with van der Waals surface area (Å²) in [4.78, 5) is 20.1. The summed E-state index contributed by atoms with van der Waals surface area (Å²) in [5.74, 6) is -0.219. The minimum atomic E-state index is -3.75. The summed E-state index contributed by atoms with van der Waals surface area (Å²) in [6.45, 7) is 4.27. The van der Waals surface area contributed by atoms with Crippen molar-refractivity contribution < 1.29 is 13.2 Å². The summed E-state index contributed by atoms with van der Waals surface area (Å²) in [6.07, 6.45) is 0. The predicted octanol–water partition coefficient (Wildman–Crippen LogP) is 4.16. The van der Waals surface area contributed by atoms with E-state index >= 15 is 0 Å². The zero-order valence-electron chi connectivity index (χ0n) is 17.0.